The lowest BCUT2D eigenvalue weighted by Crippen LogP contribution is -2.48. The standard InChI is InChI=1S/C23H20F2N4O2/c24-19-6-5-18(13-16(19)14-26)28-8-10-29(11-9-28)21(30)7-4-17-12-15-2-1-3-20(25)22(15)23(31)27-17/h1-3,5-6,12-13H,4,7-11H2,(H,27,31). The van der Waals surface area contributed by atoms with E-state index in [-0.39, 0.29) is 23.3 Å². The molecule has 1 fully saturated rings. The number of nitrogens with zero attached hydrogens (tertiary/aromatic N) is 3. The van der Waals surface area contributed by atoms with Gasteiger partial charge in [0.25, 0.3) is 5.56 Å². The Balaban J connectivity index is 1.36. The van der Waals surface area contributed by atoms with Crippen LogP contribution in [0, 0.1) is 23.0 Å². The Bertz CT molecular complexity index is 1240. The van der Waals surface area contributed by atoms with E-state index in [0.717, 1.165) is 5.69 Å². The molecule has 31 heavy (non-hydrogen) atoms. The second-order valence-corrected chi connectivity index (χ2v) is 7.47. The molecule has 1 aliphatic rings. The predicted molar refractivity (Wildman–Crippen MR) is 113 cm³/mol. The summed E-state index contributed by atoms with van der Waals surface area (Å²) in [4.78, 5) is 31.2. The number of hydrogen-bond acceptors (Lipinski definition) is 4. The molecule has 1 N–H and O–H groups in total. The van der Waals surface area contributed by atoms with Gasteiger partial charge in [0.2, 0.25) is 5.91 Å². The molecule has 0 atom stereocenters. The Kier molecular flexibility index (Phi) is 5.67. The minimum absolute atomic E-state index is 0.000245. The van der Waals surface area contributed by atoms with Gasteiger partial charge >= 0.3 is 0 Å². The van der Waals surface area contributed by atoms with Crippen LogP contribution < -0.4 is 10.5 Å². The van der Waals surface area contributed by atoms with Crippen LogP contribution in [0.4, 0.5) is 14.5 Å². The number of aryl methyl sites for hydroxylation is 1. The van der Waals surface area contributed by atoms with E-state index in [9.17, 15) is 18.4 Å². The molecule has 158 valence electrons. The number of carbonyl (C=O) groups excluding carboxylic acids is 1. The van der Waals surface area contributed by atoms with Crippen LogP contribution in [0.25, 0.3) is 10.8 Å². The number of pyridine rings is 1. The predicted octanol–water partition coefficient (Wildman–Crippen LogP) is 2.96. The van der Waals surface area contributed by atoms with E-state index in [0.29, 0.717) is 43.7 Å². The number of benzene rings is 2. The summed E-state index contributed by atoms with van der Waals surface area (Å²) in [5.74, 6) is -1.14. The molecule has 1 amide bonds. The van der Waals surface area contributed by atoms with Crippen LogP contribution in [0.5, 0.6) is 0 Å². The van der Waals surface area contributed by atoms with Crippen molar-refractivity contribution in [2.45, 2.75) is 12.8 Å². The maximum absolute atomic E-state index is 13.8. The fourth-order valence-electron chi connectivity index (χ4n) is 3.88. The second-order valence-electron chi connectivity index (χ2n) is 7.47. The van der Waals surface area contributed by atoms with E-state index in [2.05, 4.69) is 4.98 Å². The van der Waals surface area contributed by atoms with Crippen LogP contribution in [0.15, 0.2) is 47.3 Å². The average molecular weight is 422 g/mol. The number of halogens is 2. The van der Waals surface area contributed by atoms with Gasteiger partial charge in [0.15, 0.2) is 0 Å². The number of amides is 1. The van der Waals surface area contributed by atoms with Crippen molar-refractivity contribution in [2.24, 2.45) is 0 Å². The molecule has 0 radical (unpaired) electrons. The lowest BCUT2D eigenvalue weighted by molar-refractivity contribution is -0.131. The van der Waals surface area contributed by atoms with Crippen LogP contribution >= 0.6 is 0 Å². The molecule has 0 bridgehead atoms. The van der Waals surface area contributed by atoms with Gasteiger partial charge in [-0.25, -0.2) is 8.78 Å². The van der Waals surface area contributed by atoms with Gasteiger partial charge in [0, 0.05) is 44.0 Å². The molecular weight excluding hydrogens is 402 g/mol. The van der Waals surface area contributed by atoms with E-state index >= 15 is 0 Å². The van der Waals surface area contributed by atoms with Crippen LogP contribution in [0.2, 0.25) is 0 Å². The maximum Gasteiger partial charge on any atom is 0.258 e. The van der Waals surface area contributed by atoms with Crippen molar-refractivity contribution >= 4 is 22.4 Å². The summed E-state index contributed by atoms with van der Waals surface area (Å²) in [6.07, 6.45) is 0.579. The van der Waals surface area contributed by atoms with E-state index in [4.69, 9.17) is 5.26 Å². The van der Waals surface area contributed by atoms with Gasteiger partial charge in [0.1, 0.15) is 17.7 Å². The monoisotopic (exact) mass is 422 g/mol. The lowest BCUT2D eigenvalue weighted by Gasteiger charge is -2.36. The summed E-state index contributed by atoms with van der Waals surface area (Å²) in [5, 5.41) is 9.53. The van der Waals surface area contributed by atoms with E-state index in [1.165, 1.54) is 18.2 Å². The van der Waals surface area contributed by atoms with E-state index in [1.807, 2.05) is 11.0 Å². The summed E-state index contributed by atoms with van der Waals surface area (Å²) in [7, 11) is 0. The van der Waals surface area contributed by atoms with Crippen LogP contribution in [-0.4, -0.2) is 42.0 Å². The minimum Gasteiger partial charge on any atom is -0.368 e. The summed E-state index contributed by atoms with van der Waals surface area (Å²) in [6, 6.07) is 12.4. The molecule has 0 aliphatic carbocycles. The first-order valence-electron chi connectivity index (χ1n) is 9.99. The van der Waals surface area contributed by atoms with Crippen molar-refractivity contribution in [3.05, 3.63) is 75.7 Å². The number of anilines is 1. The summed E-state index contributed by atoms with van der Waals surface area (Å²) < 4.78 is 27.4. The first-order chi connectivity index (χ1) is 15.0. The van der Waals surface area contributed by atoms with Crippen molar-refractivity contribution in [3.63, 3.8) is 0 Å². The molecule has 3 aromatic rings. The summed E-state index contributed by atoms with van der Waals surface area (Å²) in [6.45, 7) is 2.18. The van der Waals surface area contributed by atoms with Crippen LogP contribution in [-0.2, 0) is 11.2 Å². The Morgan fingerprint density at radius 1 is 1.06 bits per heavy atom. The number of H-pyrrole nitrogens is 1. The molecule has 0 unspecified atom stereocenters. The summed E-state index contributed by atoms with van der Waals surface area (Å²) in [5.41, 5.74) is 0.847. The third-order valence-corrected chi connectivity index (χ3v) is 5.55. The molecule has 8 heteroatoms. The third-order valence-electron chi connectivity index (χ3n) is 5.55. The van der Waals surface area contributed by atoms with Crippen LogP contribution in [0.1, 0.15) is 17.7 Å². The number of carbonyl (C=O) groups is 1. The Morgan fingerprint density at radius 3 is 2.58 bits per heavy atom. The van der Waals surface area contributed by atoms with Gasteiger partial charge in [-0.1, -0.05) is 12.1 Å². The topological polar surface area (TPSA) is 80.2 Å². The SMILES string of the molecule is N#Cc1cc(N2CCN(C(=O)CCc3cc4cccc(F)c4c(=O)[nH]3)CC2)ccc1F. The molecule has 2 aromatic carbocycles. The van der Waals surface area contributed by atoms with Gasteiger partial charge in [-0.15, -0.1) is 0 Å². The van der Waals surface area contributed by atoms with Gasteiger partial charge < -0.3 is 14.8 Å². The number of fused-ring (bicyclic) bond motifs is 1. The highest BCUT2D eigenvalue weighted by molar-refractivity contribution is 5.82. The Morgan fingerprint density at radius 2 is 1.84 bits per heavy atom. The molecule has 6 nitrogen and oxygen atoms in total. The first kappa shape index (κ1) is 20.5. The fourth-order valence-corrected chi connectivity index (χ4v) is 3.88. The number of aromatic nitrogens is 1. The van der Waals surface area contributed by atoms with Gasteiger partial charge in [-0.2, -0.15) is 5.26 Å². The second kappa shape index (κ2) is 8.56. The molecular formula is C23H20F2N4O2. The van der Waals surface area contributed by atoms with Crippen molar-refractivity contribution < 1.29 is 13.6 Å². The number of nitriles is 1. The molecule has 1 aliphatic heterocycles. The van der Waals surface area contributed by atoms with Crippen molar-refractivity contribution in [2.75, 3.05) is 31.1 Å². The number of hydrogen-bond donors (Lipinski definition) is 1. The molecule has 0 saturated carbocycles. The molecule has 2 heterocycles. The number of rotatable bonds is 4. The van der Waals surface area contributed by atoms with Crippen molar-refractivity contribution in [3.8, 4) is 6.07 Å². The van der Waals surface area contributed by atoms with E-state index in [1.54, 1.807) is 29.2 Å². The largest absolute Gasteiger partial charge is 0.368 e. The van der Waals surface area contributed by atoms with Crippen LogP contribution in [0.3, 0.4) is 0 Å². The molecule has 1 aromatic heterocycles. The average Bonchev–Trinajstić information content (AvgIpc) is 2.78. The Labute approximate surface area is 177 Å². The smallest absolute Gasteiger partial charge is 0.258 e. The highest BCUT2D eigenvalue weighted by Crippen LogP contribution is 2.21. The zero-order chi connectivity index (χ0) is 22.0. The minimum atomic E-state index is -0.567. The van der Waals surface area contributed by atoms with Gasteiger partial charge in [0.05, 0.1) is 10.9 Å². The summed E-state index contributed by atoms with van der Waals surface area (Å²) >= 11 is 0. The highest BCUT2D eigenvalue weighted by Gasteiger charge is 2.22. The normalized spacial score (nSPS) is 14.0. The number of nitrogens with one attached hydrogen (secondary N) is 1. The first-order valence-corrected chi connectivity index (χ1v) is 9.99. The third kappa shape index (κ3) is 4.26. The highest BCUT2D eigenvalue weighted by atomic mass is 19.1. The van der Waals surface area contributed by atoms with E-state index < -0.39 is 17.2 Å². The zero-order valence-corrected chi connectivity index (χ0v) is 16.7. The van der Waals surface area contributed by atoms with Gasteiger partial charge in [-0.3, -0.25) is 9.59 Å². The molecule has 4 rings (SSSR count). The maximum atomic E-state index is 13.8. The number of piperazine rings is 1. The molecule has 1 saturated heterocycles. The Hall–Kier alpha value is -3.73. The van der Waals surface area contributed by atoms with Gasteiger partial charge in [-0.05, 0) is 42.1 Å². The quantitative estimate of drug-likeness (QED) is 0.701. The van der Waals surface area contributed by atoms with Crippen molar-refractivity contribution in [1.29, 1.82) is 5.26 Å². The zero-order valence-electron chi connectivity index (χ0n) is 16.7. The number of aromatic amines is 1. The van der Waals surface area contributed by atoms with Crippen molar-refractivity contribution in [1.82, 2.24) is 9.88 Å². The lowest BCUT2D eigenvalue weighted by atomic mass is 10.1. The molecule has 0 spiro atoms. The fraction of sp³-hybridized carbons (Fsp3) is 0.261.